The fourth-order valence-corrected chi connectivity index (χ4v) is 1.54. The van der Waals surface area contributed by atoms with Crippen molar-refractivity contribution in [2.24, 2.45) is 0 Å². The molecule has 0 atom stereocenters. The molecule has 6 heteroatoms. The Balaban J connectivity index is 1.95. The molecule has 102 valence electrons. The van der Waals surface area contributed by atoms with Crippen LogP contribution in [0.3, 0.4) is 0 Å². The van der Waals surface area contributed by atoms with E-state index in [4.69, 9.17) is 11.5 Å². The van der Waals surface area contributed by atoms with Crippen LogP contribution in [0, 0.1) is 0 Å². The first-order valence-corrected chi connectivity index (χ1v) is 5.88. The normalized spacial score (nSPS) is 9.80. The Labute approximate surface area is 115 Å². The van der Waals surface area contributed by atoms with E-state index in [-0.39, 0.29) is 0 Å². The van der Waals surface area contributed by atoms with Crippen molar-refractivity contribution < 1.29 is 9.59 Å². The van der Waals surface area contributed by atoms with E-state index >= 15 is 0 Å². The van der Waals surface area contributed by atoms with Gasteiger partial charge < -0.3 is 16.8 Å². The average molecular weight is 270 g/mol. The molecule has 0 aliphatic rings. The number of hydrogen-bond acceptors (Lipinski definition) is 4. The maximum Gasteiger partial charge on any atom is 0.326 e. The van der Waals surface area contributed by atoms with Crippen LogP contribution in [0.1, 0.15) is 10.4 Å². The molecule has 0 aliphatic heterocycles. The second-order valence-electron chi connectivity index (χ2n) is 4.15. The van der Waals surface area contributed by atoms with Crippen molar-refractivity contribution in [2.45, 2.75) is 0 Å². The van der Waals surface area contributed by atoms with E-state index in [9.17, 15) is 9.59 Å². The minimum absolute atomic E-state index is 0.353. The Morgan fingerprint density at radius 3 is 1.85 bits per heavy atom. The van der Waals surface area contributed by atoms with Gasteiger partial charge in [-0.15, -0.1) is 0 Å². The Morgan fingerprint density at radius 1 is 0.800 bits per heavy atom. The number of carbonyl (C=O) groups excluding carboxylic acids is 2. The molecule has 0 fully saturated rings. The maximum atomic E-state index is 11.8. The van der Waals surface area contributed by atoms with Crippen molar-refractivity contribution in [1.29, 1.82) is 0 Å². The number of urea groups is 1. The van der Waals surface area contributed by atoms with Gasteiger partial charge in [-0.1, -0.05) is 0 Å². The summed E-state index contributed by atoms with van der Waals surface area (Å²) < 4.78 is 0. The van der Waals surface area contributed by atoms with Gasteiger partial charge in [0.1, 0.15) is 0 Å². The van der Waals surface area contributed by atoms with E-state index in [2.05, 4.69) is 10.6 Å². The summed E-state index contributed by atoms with van der Waals surface area (Å²) in [7, 11) is 0. The van der Waals surface area contributed by atoms with E-state index in [1.807, 2.05) is 0 Å². The molecule has 0 saturated carbocycles. The van der Waals surface area contributed by atoms with Gasteiger partial charge in [-0.25, -0.2) is 4.79 Å². The summed E-state index contributed by atoms with van der Waals surface area (Å²) >= 11 is 0. The van der Waals surface area contributed by atoms with Crippen molar-refractivity contribution in [3.05, 3.63) is 54.1 Å². The molecule has 6 nitrogen and oxygen atoms in total. The summed E-state index contributed by atoms with van der Waals surface area (Å²) in [5, 5.41) is 4.75. The van der Waals surface area contributed by atoms with Crippen molar-refractivity contribution in [2.75, 3.05) is 16.8 Å². The second-order valence-corrected chi connectivity index (χ2v) is 4.15. The third-order valence-electron chi connectivity index (χ3n) is 2.57. The summed E-state index contributed by atoms with van der Waals surface area (Å²) in [5.41, 5.74) is 13.1. The highest BCUT2D eigenvalue weighted by Crippen LogP contribution is 2.10. The van der Waals surface area contributed by atoms with Crippen molar-refractivity contribution >= 4 is 29.0 Å². The lowest BCUT2D eigenvalue weighted by Gasteiger charge is -2.07. The smallest absolute Gasteiger partial charge is 0.326 e. The topological polar surface area (TPSA) is 110 Å². The van der Waals surface area contributed by atoms with E-state index in [0.717, 1.165) is 0 Å². The number of nitrogen functional groups attached to an aromatic ring is 2. The van der Waals surface area contributed by atoms with Gasteiger partial charge in [0.2, 0.25) is 0 Å². The lowest BCUT2D eigenvalue weighted by molar-refractivity contribution is 0.0967. The van der Waals surface area contributed by atoms with Crippen molar-refractivity contribution in [1.82, 2.24) is 5.32 Å². The fraction of sp³-hybridized carbons (Fsp3) is 0. The van der Waals surface area contributed by atoms with E-state index < -0.39 is 11.9 Å². The molecule has 0 aliphatic carbocycles. The molecule has 0 spiro atoms. The van der Waals surface area contributed by atoms with Crippen LogP contribution in [0.25, 0.3) is 0 Å². The highest BCUT2D eigenvalue weighted by molar-refractivity contribution is 6.08. The third kappa shape index (κ3) is 3.49. The molecule has 0 unspecified atom stereocenters. The Hall–Kier alpha value is -3.02. The van der Waals surface area contributed by atoms with Gasteiger partial charge in [-0.2, -0.15) is 0 Å². The number of hydrogen-bond donors (Lipinski definition) is 4. The SMILES string of the molecule is Nc1ccc(NC(=O)NC(=O)c2ccc(N)cc2)cc1. The molecule has 3 amide bonds. The molecule has 2 aromatic rings. The van der Waals surface area contributed by atoms with E-state index in [1.165, 1.54) is 0 Å². The summed E-state index contributed by atoms with van der Waals surface area (Å²) in [4.78, 5) is 23.4. The first-order valence-electron chi connectivity index (χ1n) is 5.88. The number of nitrogens with two attached hydrogens (primary N) is 2. The number of benzene rings is 2. The van der Waals surface area contributed by atoms with Gasteiger partial charge >= 0.3 is 6.03 Å². The quantitative estimate of drug-likeness (QED) is 0.624. The molecule has 0 bridgehead atoms. The van der Waals surface area contributed by atoms with Crippen LogP contribution >= 0.6 is 0 Å². The number of rotatable bonds is 2. The minimum Gasteiger partial charge on any atom is -0.399 e. The fourth-order valence-electron chi connectivity index (χ4n) is 1.54. The van der Waals surface area contributed by atoms with Crippen LogP contribution in [0.15, 0.2) is 48.5 Å². The van der Waals surface area contributed by atoms with Crippen LogP contribution in [-0.2, 0) is 0 Å². The highest BCUT2D eigenvalue weighted by Gasteiger charge is 2.09. The minimum atomic E-state index is -0.614. The lowest BCUT2D eigenvalue weighted by atomic mass is 10.2. The predicted octanol–water partition coefficient (Wildman–Crippen LogP) is 1.81. The molecule has 0 radical (unpaired) electrons. The zero-order valence-electron chi connectivity index (χ0n) is 10.6. The Morgan fingerprint density at radius 2 is 1.30 bits per heavy atom. The number of anilines is 3. The van der Waals surface area contributed by atoms with Gasteiger partial charge in [0.05, 0.1) is 0 Å². The zero-order valence-corrected chi connectivity index (χ0v) is 10.6. The molecule has 20 heavy (non-hydrogen) atoms. The molecule has 2 rings (SSSR count). The predicted molar refractivity (Wildman–Crippen MR) is 78.2 cm³/mol. The first kappa shape index (κ1) is 13.4. The van der Waals surface area contributed by atoms with Crippen LogP contribution in [-0.4, -0.2) is 11.9 Å². The maximum absolute atomic E-state index is 11.8. The standard InChI is InChI=1S/C14H14N4O2/c15-10-3-1-9(2-4-10)13(19)18-14(20)17-12-7-5-11(16)6-8-12/h1-8H,15-16H2,(H2,17,18,19,20). The lowest BCUT2D eigenvalue weighted by Crippen LogP contribution is -2.34. The largest absolute Gasteiger partial charge is 0.399 e. The second kappa shape index (κ2) is 5.75. The molecule has 2 aromatic carbocycles. The van der Waals surface area contributed by atoms with Gasteiger partial charge in [0.25, 0.3) is 5.91 Å². The molecule has 0 heterocycles. The molecule has 6 N–H and O–H groups in total. The van der Waals surface area contributed by atoms with E-state index in [0.29, 0.717) is 22.6 Å². The molecular weight excluding hydrogens is 256 g/mol. The summed E-state index contributed by atoms with van der Waals surface area (Å²) in [6.07, 6.45) is 0. The Bertz CT molecular complexity index is 621. The van der Waals surface area contributed by atoms with Gasteiger partial charge in [-0.05, 0) is 48.5 Å². The molecule has 0 aromatic heterocycles. The molecule has 0 saturated heterocycles. The number of imide groups is 1. The summed E-state index contributed by atoms with van der Waals surface area (Å²) in [5.74, 6) is -0.502. The third-order valence-corrected chi connectivity index (χ3v) is 2.57. The highest BCUT2D eigenvalue weighted by atomic mass is 16.2. The van der Waals surface area contributed by atoms with E-state index in [1.54, 1.807) is 48.5 Å². The molecular formula is C14H14N4O2. The van der Waals surface area contributed by atoms with Crippen molar-refractivity contribution in [3.8, 4) is 0 Å². The van der Waals surface area contributed by atoms with Gasteiger partial charge in [0, 0.05) is 22.6 Å². The Kier molecular flexibility index (Phi) is 3.85. The average Bonchev–Trinajstić information content (AvgIpc) is 2.42. The van der Waals surface area contributed by atoms with Crippen LogP contribution < -0.4 is 22.1 Å². The van der Waals surface area contributed by atoms with Crippen molar-refractivity contribution in [3.63, 3.8) is 0 Å². The van der Waals surface area contributed by atoms with Gasteiger partial charge in [0.15, 0.2) is 0 Å². The number of nitrogens with one attached hydrogen (secondary N) is 2. The zero-order chi connectivity index (χ0) is 14.5. The van der Waals surface area contributed by atoms with Crippen LogP contribution in [0.4, 0.5) is 21.9 Å². The first-order chi connectivity index (χ1) is 9.54. The van der Waals surface area contributed by atoms with Crippen LogP contribution in [0.5, 0.6) is 0 Å². The summed E-state index contributed by atoms with van der Waals surface area (Å²) in [6, 6.07) is 12.2. The van der Waals surface area contributed by atoms with Crippen LogP contribution in [0.2, 0.25) is 0 Å². The summed E-state index contributed by atoms with van der Waals surface area (Å²) in [6.45, 7) is 0. The number of carbonyl (C=O) groups is 2. The number of amides is 3. The van der Waals surface area contributed by atoms with Gasteiger partial charge in [-0.3, -0.25) is 10.1 Å². The monoisotopic (exact) mass is 270 g/mol.